The molecule has 2 amide bonds. The minimum absolute atomic E-state index is 0.139. The van der Waals surface area contributed by atoms with E-state index in [1.165, 1.54) is 5.56 Å². The van der Waals surface area contributed by atoms with Gasteiger partial charge in [-0.2, -0.15) is 0 Å². The standard InChI is InChI=1S/C22H29N3O5S/c1-22(2)14-29-15-25(22)21(26)23-11-17(12-23)31(27,28)24-9-7-16(8-10-24)19-13-30-20-6-4-3-5-18(19)20/h3-6,13,16-17H,7-12,14-15H2,1-2H3. The molecule has 8 nitrogen and oxygen atoms in total. The van der Waals surface area contributed by atoms with Crippen molar-refractivity contribution in [2.45, 2.75) is 43.4 Å². The summed E-state index contributed by atoms with van der Waals surface area (Å²) in [5.41, 5.74) is 1.68. The van der Waals surface area contributed by atoms with Gasteiger partial charge in [-0.1, -0.05) is 18.2 Å². The van der Waals surface area contributed by atoms with Gasteiger partial charge < -0.3 is 14.1 Å². The van der Waals surface area contributed by atoms with Crippen LogP contribution in [0.15, 0.2) is 34.9 Å². The van der Waals surface area contributed by atoms with Crippen LogP contribution in [0.4, 0.5) is 4.79 Å². The summed E-state index contributed by atoms with van der Waals surface area (Å²) in [5, 5.41) is 0.597. The minimum atomic E-state index is -3.41. The number of fused-ring (bicyclic) bond motifs is 1. The number of amides is 2. The number of rotatable bonds is 3. The zero-order valence-electron chi connectivity index (χ0n) is 18.0. The molecule has 3 aliphatic rings. The number of ether oxygens (including phenoxy) is 1. The third-order valence-electron chi connectivity index (χ3n) is 6.94. The molecule has 0 spiro atoms. The molecule has 168 valence electrons. The van der Waals surface area contributed by atoms with Crippen LogP contribution in [0.1, 0.15) is 38.2 Å². The molecular weight excluding hydrogens is 418 g/mol. The highest BCUT2D eigenvalue weighted by atomic mass is 32.2. The minimum Gasteiger partial charge on any atom is -0.464 e. The van der Waals surface area contributed by atoms with Crippen LogP contribution in [0.5, 0.6) is 0 Å². The van der Waals surface area contributed by atoms with E-state index in [-0.39, 0.29) is 31.4 Å². The van der Waals surface area contributed by atoms with E-state index in [1.54, 1.807) is 14.1 Å². The van der Waals surface area contributed by atoms with Gasteiger partial charge in [-0.25, -0.2) is 17.5 Å². The molecule has 3 saturated heterocycles. The Morgan fingerprint density at radius 1 is 1.13 bits per heavy atom. The highest BCUT2D eigenvalue weighted by Gasteiger charge is 2.47. The molecule has 9 heteroatoms. The van der Waals surface area contributed by atoms with E-state index in [2.05, 4.69) is 6.07 Å². The summed E-state index contributed by atoms with van der Waals surface area (Å²) in [7, 11) is -3.41. The average molecular weight is 448 g/mol. The number of urea groups is 1. The lowest BCUT2D eigenvalue weighted by atomic mass is 9.90. The molecular formula is C22H29N3O5S. The molecule has 0 bridgehead atoms. The Morgan fingerprint density at radius 3 is 2.52 bits per heavy atom. The van der Waals surface area contributed by atoms with E-state index < -0.39 is 15.3 Å². The summed E-state index contributed by atoms with van der Waals surface area (Å²) in [6, 6.07) is 7.83. The van der Waals surface area contributed by atoms with E-state index in [0.717, 1.165) is 23.8 Å². The number of piperidine rings is 1. The number of hydrogen-bond acceptors (Lipinski definition) is 5. The molecule has 2 aromatic rings. The maximum Gasteiger partial charge on any atom is 0.322 e. The van der Waals surface area contributed by atoms with Gasteiger partial charge in [-0.05, 0) is 38.7 Å². The van der Waals surface area contributed by atoms with Crippen LogP contribution in [0.25, 0.3) is 11.0 Å². The molecule has 0 unspecified atom stereocenters. The maximum atomic E-state index is 13.1. The van der Waals surface area contributed by atoms with E-state index in [4.69, 9.17) is 9.15 Å². The van der Waals surface area contributed by atoms with Crippen molar-refractivity contribution in [3.05, 3.63) is 36.1 Å². The first-order valence-electron chi connectivity index (χ1n) is 10.9. The second-order valence-corrected chi connectivity index (χ2v) is 11.6. The van der Waals surface area contributed by atoms with Crippen molar-refractivity contribution >= 4 is 27.0 Å². The summed E-state index contributed by atoms with van der Waals surface area (Å²) in [6.45, 7) is 6.18. The van der Waals surface area contributed by atoms with Crippen molar-refractivity contribution in [3.63, 3.8) is 0 Å². The van der Waals surface area contributed by atoms with Crippen molar-refractivity contribution < 1.29 is 22.4 Å². The molecule has 4 heterocycles. The van der Waals surface area contributed by atoms with Crippen molar-refractivity contribution in [3.8, 4) is 0 Å². The monoisotopic (exact) mass is 447 g/mol. The molecule has 5 rings (SSSR count). The summed E-state index contributed by atoms with van der Waals surface area (Å²) in [6.07, 6.45) is 3.37. The molecule has 3 aliphatic heterocycles. The lowest BCUT2D eigenvalue weighted by Gasteiger charge is -2.44. The molecule has 0 N–H and O–H groups in total. The van der Waals surface area contributed by atoms with E-state index >= 15 is 0 Å². The number of hydrogen-bond donors (Lipinski definition) is 0. The van der Waals surface area contributed by atoms with Crippen LogP contribution in [-0.4, -0.2) is 78.9 Å². The molecule has 31 heavy (non-hydrogen) atoms. The molecule has 0 radical (unpaired) electrons. The first-order chi connectivity index (χ1) is 14.8. The maximum absolute atomic E-state index is 13.1. The Kier molecular flexibility index (Phi) is 5.02. The summed E-state index contributed by atoms with van der Waals surface area (Å²) in [4.78, 5) is 16.0. The molecule has 0 saturated carbocycles. The zero-order chi connectivity index (χ0) is 21.8. The average Bonchev–Trinajstić information content (AvgIpc) is 3.29. The highest BCUT2D eigenvalue weighted by molar-refractivity contribution is 7.89. The fraction of sp³-hybridized carbons (Fsp3) is 0.591. The largest absolute Gasteiger partial charge is 0.464 e. The van der Waals surface area contributed by atoms with Crippen LogP contribution < -0.4 is 0 Å². The Hall–Kier alpha value is -2.10. The molecule has 0 atom stereocenters. The van der Waals surface area contributed by atoms with Gasteiger partial charge in [0.2, 0.25) is 10.0 Å². The number of sulfonamides is 1. The predicted molar refractivity (Wildman–Crippen MR) is 116 cm³/mol. The van der Waals surface area contributed by atoms with Crippen LogP contribution >= 0.6 is 0 Å². The fourth-order valence-electron chi connectivity index (χ4n) is 4.85. The topological polar surface area (TPSA) is 83.3 Å². The van der Waals surface area contributed by atoms with Crippen molar-refractivity contribution in [1.82, 2.24) is 14.1 Å². The number of benzene rings is 1. The highest BCUT2D eigenvalue weighted by Crippen LogP contribution is 2.36. The Labute approximate surface area is 182 Å². The molecule has 3 fully saturated rings. The van der Waals surface area contributed by atoms with Crippen LogP contribution in [-0.2, 0) is 14.8 Å². The Bertz CT molecular complexity index is 1080. The second-order valence-electron chi connectivity index (χ2n) is 9.43. The van der Waals surface area contributed by atoms with Gasteiger partial charge in [0.05, 0.1) is 18.4 Å². The summed E-state index contributed by atoms with van der Waals surface area (Å²) < 4.78 is 38.9. The molecule has 1 aromatic heterocycles. The third-order valence-corrected chi connectivity index (χ3v) is 9.17. The number of carbonyl (C=O) groups is 1. The third kappa shape index (κ3) is 3.52. The normalized spacial score (nSPS) is 23.4. The van der Waals surface area contributed by atoms with Gasteiger partial charge in [-0.15, -0.1) is 0 Å². The smallest absolute Gasteiger partial charge is 0.322 e. The predicted octanol–water partition coefficient (Wildman–Crippen LogP) is 2.81. The van der Waals surface area contributed by atoms with E-state index in [9.17, 15) is 13.2 Å². The second kappa shape index (κ2) is 7.50. The van der Waals surface area contributed by atoms with Crippen molar-refractivity contribution in [2.24, 2.45) is 0 Å². The van der Waals surface area contributed by atoms with Crippen LogP contribution in [0.3, 0.4) is 0 Å². The first-order valence-corrected chi connectivity index (χ1v) is 12.4. The number of likely N-dealkylation sites (tertiary alicyclic amines) is 1. The number of nitrogens with zero attached hydrogens (tertiary/aromatic N) is 3. The molecule has 0 aliphatic carbocycles. The van der Waals surface area contributed by atoms with Gasteiger partial charge >= 0.3 is 6.03 Å². The van der Waals surface area contributed by atoms with Crippen molar-refractivity contribution in [1.29, 1.82) is 0 Å². The summed E-state index contributed by atoms with van der Waals surface area (Å²) >= 11 is 0. The first kappa shape index (κ1) is 20.8. The lowest BCUT2D eigenvalue weighted by molar-refractivity contribution is 0.0930. The van der Waals surface area contributed by atoms with Gasteiger partial charge in [0.15, 0.2) is 0 Å². The lowest BCUT2D eigenvalue weighted by Crippen LogP contribution is -2.64. The zero-order valence-corrected chi connectivity index (χ0v) is 18.8. The van der Waals surface area contributed by atoms with Crippen molar-refractivity contribution in [2.75, 3.05) is 39.5 Å². The van der Waals surface area contributed by atoms with Gasteiger partial charge in [0.1, 0.15) is 17.6 Å². The van der Waals surface area contributed by atoms with Gasteiger partial charge in [0, 0.05) is 37.1 Å². The Morgan fingerprint density at radius 2 is 1.84 bits per heavy atom. The SMILES string of the molecule is CC1(C)COCN1C(=O)N1CC(S(=O)(=O)N2CCC(c3coc4ccccc34)CC2)C1. The molecule has 1 aromatic carbocycles. The van der Waals surface area contributed by atoms with Gasteiger partial charge in [-0.3, -0.25) is 4.90 Å². The van der Waals surface area contributed by atoms with Gasteiger partial charge in [0.25, 0.3) is 0 Å². The van der Waals surface area contributed by atoms with Crippen LogP contribution in [0, 0.1) is 0 Å². The number of para-hydroxylation sites is 1. The van der Waals surface area contributed by atoms with E-state index in [1.807, 2.05) is 38.3 Å². The number of carbonyl (C=O) groups excluding carboxylic acids is 1. The van der Waals surface area contributed by atoms with Crippen LogP contribution in [0.2, 0.25) is 0 Å². The van der Waals surface area contributed by atoms with E-state index in [0.29, 0.717) is 25.6 Å². The quantitative estimate of drug-likeness (QED) is 0.723. The summed E-state index contributed by atoms with van der Waals surface area (Å²) in [5.74, 6) is 0.298. The number of furan rings is 1. The fourth-order valence-corrected chi connectivity index (χ4v) is 6.73. The Balaban J connectivity index is 1.19.